The summed E-state index contributed by atoms with van der Waals surface area (Å²) in [6.07, 6.45) is 7.34. The Morgan fingerprint density at radius 1 is 1.30 bits per heavy atom. The van der Waals surface area contributed by atoms with Crippen molar-refractivity contribution in [1.82, 2.24) is 10.2 Å². The van der Waals surface area contributed by atoms with E-state index in [4.69, 9.17) is 4.74 Å². The molecular weight excluding hydrogens is 343 g/mol. The molecule has 3 rings (SSSR count). The molecule has 5 heteroatoms. The molecule has 4 nitrogen and oxygen atoms in total. The van der Waals surface area contributed by atoms with Gasteiger partial charge in [-0.05, 0) is 38.8 Å². The number of aldehydes is 1. The van der Waals surface area contributed by atoms with Crippen LogP contribution in [0, 0.1) is 17.7 Å². The van der Waals surface area contributed by atoms with Crippen LogP contribution in [0.15, 0.2) is 30.1 Å². The van der Waals surface area contributed by atoms with Crippen LogP contribution in [0.2, 0.25) is 0 Å². The number of hydrogen-bond donors (Lipinski definition) is 1. The van der Waals surface area contributed by atoms with Gasteiger partial charge >= 0.3 is 0 Å². The molecule has 1 aromatic rings. The topological polar surface area (TPSA) is 41.6 Å². The summed E-state index contributed by atoms with van der Waals surface area (Å²) >= 11 is 0. The van der Waals surface area contributed by atoms with Gasteiger partial charge in [-0.1, -0.05) is 32.8 Å². The molecule has 1 fully saturated rings. The van der Waals surface area contributed by atoms with E-state index in [1.807, 2.05) is 13.8 Å². The third-order valence-corrected chi connectivity index (χ3v) is 5.34. The van der Waals surface area contributed by atoms with Crippen LogP contribution in [0.1, 0.15) is 63.7 Å². The summed E-state index contributed by atoms with van der Waals surface area (Å²) in [7, 11) is 0. The minimum Gasteiger partial charge on any atom is -0.492 e. The van der Waals surface area contributed by atoms with Crippen LogP contribution in [-0.4, -0.2) is 30.5 Å². The van der Waals surface area contributed by atoms with E-state index in [0.717, 1.165) is 19.5 Å². The zero-order valence-electron chi connectivity index (χ0n) is 17.0. The molecule has 0 bridgehead atoms. The average Bonchev–Trinajstić information content (AvgIpc) is 3.18. The Balaban J connectivity index is 0.00000126. The lowest BCUT2D eigenvalue weighted by molar-refractivity contribution is 0.110. The van der Waals surface area contributed by atoms with E-state index >= 15 is 0 Å². The second-order valence-corrected chi connectivity index (χ2v) is 7.23. The lowest BCUT2D eigenvalue weighted by Gasteiger charge is -2.37. The number of benzene rings is 1. The molecule has 2 aliphatic rings. The Morgan fingerprint density at radius 2 is 2.04 bits per heavy atom. The van der Waals surface area contributed by atoms with Gasteiger partial charge in [0, 0.05) is 29.8 Å². The van der Waals surface area contributed by atoms with Gasteiger partial charge in [-0.15, -0.1) is 0 Å². The molecule has 1 aromatic carbocycles. The van der Waals surface area contributed by atoms with Crippen LogP contribution in [0.3, 0.4) is 0 Å². The molecule has 0 radical (unpaired) electrons. The first-order chi connectivity index (χ1) is 13.1. The Kier molecular flexibility index (Phi) is 8.14. The zero-order valence-corrected chi connectivity index (χ0v) is 17.0. The second kappa shape index (κ2) is 10.3. The maximum Gasteiger partial charge on any atom is 0.156 e. The zero-order chi connectivity index (χ0) is 19.8. The van der Waals surface area contributed by atoms with Gasteiger partial charge in [-0.3, -0.25) is 4.79 Å². The average molecular weight is 377 g/mol. The van der Waals surface area contributed by atoms with E-state index in [2.05, 4.69) is 30.3 Å². The number of halogens is 1. The maximum absolute atomic E-state index is 13.7. The Hall–Kier alpha value is -2.04. The van der Waals surface area contributed by atoms with E-state index in [-0.39, 0.29) is 5.56 Å². The predicted octanol–water partition coefficient (Wildman–Crippen LogP) is 4.96. The summed E-state index contributed by atoms with van der Waals surface area (Å²) in [6.45, 7) is 9.78. The van der Waals surface area contributed by atoms with Gasteiger partial charge in [0.2, 0.25) is 0 Å². The Bertz CT molecular complexity index is 645. The van der Waals surface area contributed by atoms with Gasteiger partial charge in [0.05, 0.1) is 18.8 Å². The van der Waals surface area contributed by atoms with Crippen molar-refractivity contribution < 1.29 is 13.9 Å². The lowest BCUT2D eigenvalue weighted by Crippen LogP contribution is -2.37. The fourth-order valence-corrected chi connectivity index (χ4v) is 3.97. The maximum atomic E-state index is 13.7. The van der Waals surface area contributed by atoms with Gasteiger partial charge in [0.1, 0.15) is 11.6 Å². The molecule has 0 saturated heterocycles. The SMILES string of the molecule is CC.CC(C)N1CNC=C1C1CCCCC1COc1cccc(F)c1C=O. The summed E-state index contributed by atoms with van der Waals surface area (Å²) < 4.78 is 19.6. The third-order valence-electron chi connectivity index (χ3n) is 5.34. The first-order valence-corrected chi connectivity index (χ1v) is 10.2. The molecule has 0 spiro atoms. The number of allylic oxidation sites excluding steroid dienone is 1. The summed E-state index contributed by atoms with van der Waals surface area (Å²) in [6, 6.07) is 4.99. The van der Waals surface area contributed by atoms with Gasteiger partial charge < -0.3 is 15.0 Å². The third kappa shape index (κ3) is 5.02. The normalized spacial score (nSPS) is 21.9. The van der Waals surface area contributed by atoms with E-state index < -0.39 is 5.82 Å². The first-order valence-electron chi connectivity index (χ1n) is 10.2. The standard InChI is InChI=1S/C20H27FN2O2.C2H6/c1-14(2)23-13-22-10-19(23)16-7-4-3-6-15(16)12-25-20-9-5-8-18(21)17(20)11-24;1-2/h5,8-11,14-16,22H,3-4,6-7,12-13H2,1-2H3;1-2H3. The Labute approximate surface area is 162 Å². The number of ether oxygens (including phenoxy) is 1. The molecular formula is C22H33FN2O2. The van der Waals surface area contributed by atoms with Crippen LogP contribution < -0.4 is 10.1 Å². The van der Waals surface area contributed by atoms with Crippen molar-refractivity contribution in [3.05, 3.63) is 41.5 Å². The summed E-state index contributed by atoms with van der Waals surface area (Å²) in [5.74, 6) is 0.642. The second-order valence-electron chi connectivity index (χ2n) is 7.23. The quantitative estimate of drug-likeness (QED) is 0.713. The summed E-state index contributed by atoms with van der Waals surface area (Å²) in [5, 5.41) is 3.35. The number of nitrogens with zero attached hydrogens (tertiary/aromatic N) is 1. The van der Waals surface area contributed by atoms with Crippen molar-refractivity contribution in [2.45, 2.75) is 59.4 Å². The molecule has 1 aliphatic heterocycles. The number of nitrogens with one attached hydrogen (secondary N) is 1. The monoisotopic (exact) mass is 376 g/mol. The van der Waals surface area contributed by atoms with E-state index in [0.29, 0.717) is 36.5 Å². The highest BCUT2D eigenvalue weighted by atomic mass is 19.1. The number of rotatable bonds is 6. The van der Waals surface area contributed by atoms with Crippen molar-refractivity contribution in [3.63, 3.8) is 0 Å². The van der Waals surface area contributed by atoms with E-state index in [9.17, 15) is 9.18 Å². The Morgan fingerprint density at radius 3 is 2.74 bits per heavy atom. The van der Waals surface area contributed by atoms with Crippen molar-refractivity contribution in [1.29, 1.82) is 0 Å². The summed E-state index contributed by atoms with van der Waals surface area (Å²) in [5.41, 5.74) is 1.37. The fourth-order valence-electron chi connectivity index (χ4n) is 3.97. The molecule has 1 aliphatic carbocycles. The van der Waals surface area contributed by atoms with E-state index in [1.54, 1.807) is 12.1 Å². The van der Waals surface area contributed by atoms with Crippen LogP contribution in [0.4, 0.5) is 4.39 Å². The smallest absolute Gasteiger partial charge is 0.156 e. The predicted molar refractivity (Wildman–Crippen MR) is 107 cm³/mol. The largest absolute Gasteiger partial charge is 0.492 e. The number of carbonyl (C=O) groups is 1. The molecule has 2 atom stereocenters. The van der Waals surface area contributed by atoms with Gasteiger partial charge in [-0.25, -0.2) is 4.39 Å². The van der Waals surface area contributed by atoms with Crippen molar-refractivity contribution in [2.75, 3.05) is 13.3 Å². The highest BCUT2D eigenvalue weighted by molar-refractivity contribution is 5.79. The highest BCUT2D eigenvalue weighted by Crippen LogP contribution is 2.38. The van der Waals surface area contributed by atoms with Crippen LogP contribution in [-0.2, 0) is 0 Å². The van der Waals surface area contributed by atoms with Gasteiger partial charge in [0.25, 0.3) is 0 Å². The van der Waals surface area contributed by atoms with Crippen LogP contribution in [0.25, 0.3) is 0 Å². The van der Waals surface area contributed by atoms with Crippen LogP contribution >= 0.6 is 0 Å². The molecule has 1 saturated carbocycles. The fraction of sp³-hybridized carbons (Fsp3) is 0.591. The van der Waals surface area contributed by atoms with Crippen molar-refractivity contribution in [2.24, 2.45) is 11.8 Å². The van der Waals surface area contributed by atoms with Crippen molar-refractivity contribution in [3.8, 4) is 5.75 Å². The lowest BCUT2D eigenvalue weighted by atomic mass is 9.77. The molecule has 27 heavy (non-hydrogen) atoms. The van der Waals surface area contributed by atoms with Crippen molar-refractivity contribution >= 4 is 6.29 Å². The molecule has 1 heterocycles. The number of carbonyl (C=O) groups excluding carboxylic acids is 1. The minimum absolute atomic E-state index is 0.0143. The molecule has 1 N–H and O–H groups in total. The first kappa shape index (κ1) is 21.3. The highest BCUT2D eigenvalue weighted by Gasteiger charge is 2.33. The molecule has 150 valence electrons. The molecule has 0 aromatic heterocycles. The van der Waals surface area contributed by atoms with Crippen LogP contribution in [0.5, 0.6) is 5.75 Å². The van der Waals surface area contributed by atoms with Gasteiger partial charge in [0.15, 0.2) is 6.29 Å². The molecule has 2 unspecified atom stereocenters. The minimum atomic E-state index is -0.527. The summed E-state index contributed by atoms with van der Waals surface area (Å²) in [4.78, 5) is 13.6. The van der Waals surface area contributed by atoms with E-state index in [1.165, 1.54) is 24.6 Å². The van der Waals surface area contributed by atoms with Gasteiger partial charge in [-0.2, -0.15) is 0 Å². The number of hydrogen-bond acceptors (Lipinski definition) is 4. The molecule has 0 amide bonds.